The summed E-state index contributed by atoms with van der Waals surface area (Å²) in [5.74, 6) is 0.822. The number of carbonyl (C=O) groups is 1. The van der Waals surface area contributed by atoms with E-state index in [0.29, 0.717) is 11.7 Å². The zero-order valence-corrected chi connectivity index (χ0v) is 14.6. The van der Waals surface area contributed by atoms with Gasteiger partial charge in [0, 0.05) is 18.3 Å². The molecule has 2 heterocycles. The maximum atomic E-state index is 12.6. The Bertz CT molecular complexity index is 752. The normalized spacial score (nSPS) is 17.8. The molecule has 25 heavy (non-hydrogen) atoms. The summed E-state index contributed by atoms with van der Waals surface area (Å²) >= 11 is 0. The molecule has 0 spiro atoms. The van der Waals surface area contributed by atoms with E-state index < -0.39 is 0 Å². The van der Waals surface area contributed by atoms with Crippen LogP contribution in [0.15, 0.2) is 42.5 Å². The fraction of sp³-hybridized carbons (Fsp3) is 0.429. The van der Waals surface area contributed by atoms with Crippen LogP contribution in [0.25, 0.3) is 0 Å². The van der Waals surface area contributed by atoms with Gasteiger partial charge >= 0.3 is 0 Å². The van der Waals surface area contributed by atoms with Crippen molar-refractivity contribution in [2.75, 3.05) is 11.4 Å². The molecule has 1 saturated carbocycles. The van der Waals surface area contributed by atoms with E-state index in [1.54, 1.807) is 0 Å². The third-order valence-corrected chi connectivity index (χ3v) is 5.29. The summed E-state index contributed by atoms with van der Waals surface area (Å²) < 4.78 is 0. The van der Waals surface area contributed by atoms with E-state index in [0.717, 1.165) is 38.0 Å². The lowest BCUT2D eigenvalue weighted by Gasteiger charge is -2.30. The van der Waals surface area contributed by atoms with Crippen LogP contribution in [0.3, 0.4) is 0 Å². The van der Waals surface area contributed by atoms with Crippen molar-refractivity contribution in [2.24, 2.45) is 0 Å². The highest BCUT2D eigenvalue weighted by Crippen LogP contribution is 2.32. The number of amides is 1. The molecule has 0 bridgehead atoms. The number of pyridine rings is 1. The smallest absolute Gasteiger partial charge is 0.270 e. The number of anilines is 2. The number of aromatic nitrogens is 1. The summed E-state index contributed by atoms with van der Waals surface area (Å²) in [6.07, 6.45) is 8.10. The number of fused-ring (bicyclic) bond motifs is 1. The van der Waals surface area contributed by atoms with Crippen molar-refractivity contribution in [2.45, 2.75) is 51.0 Å². The van der Waals surface area contributed by atoms with Gasteiger partial charge in [-0.15, -0.1) is 0 Å². The van der Waals surface area contributed by atoms with Crippen LogP contribution in [0.4, 0.5) is 11.5 Å². The Morgan fingerprint density at radius 3 is 2.72 bits per heavy atom. The van der Waals surface area contributed by atoms with Crippen molar-refractivity contribution >= 4 is 17.4 Å². The average Bonchev–Trinajstić information content (AvgIpc) is 2.68. The third-order valence-electron chi connectivity index (χ3n) is 5.29. The minimum Gasteiger partial charge on any atom is -0.348 e. The topological polar surface area (TPSA) is 45.2 Å². The van der Waals surface area contributed by atoms with Crippen molar-refractivity contribution in [1.82, 2.24) is 10.3 Å². The van der Waals surface area contributed by atoms with Crippen molar-refractivity contribution < 1.29 is 4.79 Å². The number of nitrogens with zero attached hydrogens (tertiary/aromatic N) is 2. The first-order chi connectivity index (χ1) is 12.3. The highest BCUT2D eigenvalue weighted by atomic mass is 16.1. The SMILES string of the molecule is O=C(NC1CCCCC1)c1cccc(N2CCCc3ccccc32)n1. The first-order valence-electron chi connectivity index (χ1n) is 9.44. The molecule has 1 N–H and O–H groups in total. The number of hydrogen-bond donors (Lipinski definition) is 1. The van der Waals surface area contributed by atoms with Gasteiger partial charge in [-0.2, -0.15) is 0 Å². The van der Waals surface area contributed by atoms with E-state index in [1.165, 1.54) is 30.5 Å². The van der Waals surface area contributed by atoms with E-state index in [2.05, 4.69) is 39.5 Å². The molecule has 4 rings (SSSR count). The number of aryl methyl sites for hydroxylation is 1. The quantitative estimate of drug-likeness (QED) is 0.913. The molecule has 1 fully saturated rings. The van der Waals surface area contributed by atoms with Crippen molar-refractivity contribution in [3.63, 3.8) is 0 Å². The Kier molecular flexibility index (Phi) is 4.68. The Morgan fingerprint density at radius 2 is 1.84 bits per heavy atom. The standard InChI is InChI=1S/C21H25N3O/c25-21(22-17-10-2-1-3-11-17)18-12-6-14-20(23-18)24-15-7-9-16-8-4-5-13-19(16)24/h4-6,8,12-14,17H,1-3,7,9-11,15H2,(H,22,25). The van der Waals surface area contributed by atoms with Gasteiger partial charge in [-0.3, -0.25) is 4.79 Å². The number of nitrogens with one attached hydrogen (secondary N) is 1. The summed E-state index contributed by atoms with van der Waals surface area (Å²) in [6, 6.07) is 14.5. The van der Waals surface area contributed by atoms with Gasteiger partial charge in [0.25, 0.3) is 5.91 Å². The molecule has 0 saturated heterocycles. The van der Waals surface area contributed by atoms with Gasteiger partial charge in [-0.05, 0) is 49.4 Å². The predicted octanol–water partition coefficient (Wildman–Crippen LogP) is 4.23. The summed E-state index contributed by atoms with van der Waals surface area (Å²) in [6.45, 7) is 0.942. The molecule has 1 aliphatic heterocycles. The second kappa shape index (κ2) is 7.26. The third kappa shape index (κ3) is 3.53. The van der Waals surface area contributed by atoms with Gasteiger partial charge in [0.15, 0.2) is 0 Å². The maximum absolute atomic E-state index is 12.6. The van der Waals surface area contributed by atoms with E-state index in [4.69, 9.17) is 0 Å². The molecule has 1 aromatic carbocycles. The second-order valence-electron chi connectivity index (χ2n) is 7.07. The van der Waals surface area contributed by atoms with E-state index in [1.807, 2.05) is 18.2 Å². The maximum Gasteiger partial charge on any atom is 0.270 e. The molecule has 0 atom stereocenters. The van der Waals surface area contributed by atoms with Crippen LogP contribution < -0.4 is 10.2 Å². The molecule has 130 valence electrons. The van der Waals surface area contributed by atoms with Crippen LogP contribution in [0.2, 0.25) is 0 Å². The number of para-hydroxylation sites is 1. The number of benzene rings is 1. The number of rotatable bonds is 3. The van der Waals surface area contributed by atoms with Crippen LogP contribution in [-0.4, -0.2) is 23.5 Å². The highest BCUT2D eigenvalue weighted by molar-refractivity contribution is 5.93. The van der Waals surface area contributed by atoms with Gasteiger partial charge < -0.3 is 10.2 Å². The molecule has 1 aromatic heterocycles. The first kappa shape index (κ1) is 16.1. The van der Waals surface area contributed by atoms with Crippen LogP contribution in [0.1, 0.15) is 54.6 Å². The van der Waals surface area contributed by atoms with Crippen LogP contribution >= 0.6 is 0 Å². The summed E-state index contributed by atoms with van der Waals surface area (Å²) in [4.78, 5) is 19.5. The highest BCUT2D eigenvalue weighted by Gasteiger charge is 2.21. The van der Waals surface area contributed by atoms with Crippen molar-refractivity contribution in [3.8, 4) is 0 Å². The monoisotopic (exact) mass is 335 g/mol. The fourth-order valence-corrected chi connectivity index (χ4v) is 3.98. The lowest BCUT2D eigenvalue weighted by Crippen LogP contribution is -2.36. The lowest BCUT2D eigenvalue weighted by atomic mass is 9.95. The molecule has 0 unspecified atom stereocenters. The molecule has 1 amide bonds. The van der Waals surface area contributed by atoms with Gasteiger partial charge in [-0.1, -0.05) is 43.5 Å². The molecular formula is C21H25N3O. The zero-order valence-electron chi connectivity index (χ0n) is 14.6. The van der Waals surface area contributed by atoms with Crippen LogP contribution in [0, 0.1) is 0 Å². The molecule has 2 aliphatic rings. The van der Waals surface area contributed by atoms with Crippen LogP contribution in [0.5, 0.6) is 0 Å². The molecule has 4 nitrogen and oxygen atoms in total. The van der Waals surface area contributed by atoms with Gasteiger partial charge in [0.05, 0.1) is 0 Å². The van der Waals surface area contributed by atoms with Gasteiger partial charge in [-0.25, -0.2) is 4.98 Å². The minimum atomic E-state index is -0.0426. The van der Waals surface area contributed by atoms with Gasteiger partial charge in [0.1, 0.15) is 11.5 Å². The average molecular weight is 335 g/mol. The summed E-state index contributed by atoms with van der Waals surface area (Å²) in [5.41, 5.74) is 3.09. The number of hydrogen-bond acceptors (Lipinski definition) is 3. The van der Waals surface area contributed by atoms with Crippen LogP contribution in [-0.2, 0) is 6.42 Å². The van der Waals surface area contributed by atoms with Crippen molar-refractivity contribution in [3.05, 3.63) is 53.7 Å². The number of carbonyl (C=O) groups excluding carboxylic acids is 1. The predicted molar refractivity (Wildman–Crippen MR) is 100 cm³/mol. The van der Waals surface area contributed by atoms with E-state index in [9.17, 15) is 4.79 Å². The zero-order chi connectivity index (χ0) is 17.1. The molecule has 1 aliphatic carbocycles. The molecule has 0 radical (unpaired) electrons. The Hall–Kier alpha value is -2.36. The Labute approximate surface area is 149 Å². The molecule has 4 heteroatoms. The minimum absolute atomic E-state index is 0.0426. The van der Waals surface area contributed by atoms with E-state index in [-0.39, 0.29) is 5.91 Å². The first-order valence-corrected chi connectivity index (χ1v) is 9.44. The summed E-state index contributed by atoms with van der Waals surface area (Å²) in [7, 11) is 0. The Morgan fingerprint density at radius 1 is 1.00 bits per heavy atom. The largest absolute Gasteiger partial charge is 0.348 e. The molecular weight excluding hydrogens is 310 g/mol. The molecule has 2 aromatic rings. The lowest BCUT2D eigenvalue weighted by molar-refractivity contribution is 0.0922. The van der Waals surface area contributed by atoms with E-state index >= 15 is 0 Å². The second-order valence-corrected chi connectivity index (χ2v) is 7.07. The summed E-state index contributed by atoms with van der Waals surface area (Å²) in [5, 5.41) is 3.16. The Balaban J connectivity index is 1.55. The van der Waals surface area contributed by atoms with Crippen molar-refractivity contribution in [1.29, 1.82) is 0 Å². The fourth-order valence-electron chi connectivity index (χ4n) is 3.98. The van der Waals surface area contributed by atoms with Gasteiger partial charge in [0.2, 0.25) is 0 Å².